The van der Waals surface area contributed by atoms with E-state index in [1.807, 2.05) is 30.3 Å². The van der Waals surface area contributed by atoms with Gasteiger partial charge in [-0.15, -0.1) is 0 Å². The average molecular weight is 377 g/mol. The summed E-state index contributed by atoms with van der Waals surface area (Å²) in [5, 5.41) is 0.308. The minimum absolute atomic E-state index is 0.150. The molecular weight excluding hydrogens is 362 g/mol. The molecule has 0 unspecified atom stereocenters. The van der Waals surface area contributed by atoms with Crippen LogP contribution in [0, 0.1) is 0 Å². The van der Waals surface area contributed by atoms with Crippen molar-refractivity contribution in [2.75, 3.05) is 4.72 Å². The Balaban J connectivity index is 1.73. The van der Waals surface area contributed by atoms with Crippen LogP contribution in [0.4, 0.5) is 5.69 Å². The number of rotatable bonds is 4. The predicted molar refractivity (Wildman–Crippen MR) is 105 cm³/mol. The maximum atomic E-state index is 12.5. The molecule has 0 aliphatic heterocycles. The van der Waals surface area contributed by atoms with Gasteiger partial charge >= 0.3 is 0 Å². The topological polar surface area (TPSA) is 76.4 Å². The van der Waals surface area contributed by atoms with Gasteiger partial charge in [-0.2, -0.15) is 0 Å². The van der Waals surface area contributed by atoms with Crippen LogP contribution >= 0.6 is 0 Å². The molecule has 4 aromatic rings. The highest BCUT2D eigenvalue weighted by Gasteiger charge is 2.14. The summed E-state index contributed by atoms with van der Waals surface area (Å²) in [6.45, 7) is 0. The molecule has 0 saturated heterocycles. The maximum absolute atomic E-state index is 12.5. The molecule has 1 heterocycles. The fourth-order valence-electron chi connectivity index (χ4n) is 2.78. The second-order valence-corrected chi connectivity index (χ2v) is 7.65. The first-order chi connectivity index (χ1) is 13.0. The molecule has 0 aliphatic rings. The number of benzene rings is 3. The molecule has 0 radical (unpaired) electrons. The first kappa shape index (κ1) is 17.1. The van der Waals surface area contributed by atoms with Crippen molar-refractivity contribution in [3.63, 3.8) is 0 Å². The van der Waals surface area contributed by atoms with Crippen LogP contribution in [0.2, 0.25) is 0 Å². The van der Waals surface area contributed by atoms with E-state index in [9.17, 15) is 13.2 Å². The fraction of sp³-hybridized carbons (Fsp3) is 0. The minimum Gasteiger partial charge on any atom is -0.456 e. The Morgan fingerprint density at radius 3 is 2.15 bits per heavy atom. The van der Waals surface area contributed by atoms with Crippen LogP contribution in [-0.2, 0) is 10.0 Å². The molecule has 0 atom stereocenters. The first-order valence-electron chi connectivity index (χ1n) is 8.24. The number of anilines is 1. The number of hydrogen-bond donors (Lipinski definition) is 1. The van der Waals surface area contributed by atoms with Gasteiger partial charge in [0.2, 0.25) is 0 Å². The number of nitrogens with one attached hydrogen (secondary N) is 1. The molecule has 0 spiro atoms. The highest BCUT2D eigenvalue weighted by Crippen LogP contribution is 2.24. The average Bonchev–Trinajstić information content (AvgIpc) is 2.69. The van der Waals surface area contributed by atoms with Crippen LogP contribution in [0.15, 0.2) is 99.0 Å². The van der Waals surface area contributed by atoms with Crippen LogP contribution in [0.5, 0.6) is 0 Å². The Kier molecular flexibility index (Phi) is 4.25. The Morgan fingerprint density at radius 2 is 1.44 bits per heavy atom. The normalized spacial score (nSPS) is 11.4. The van der Waals surface area contributed by atoms with Gasteiger partial charge in [-0.25, -0.2) is 8.42 Å². The van der Waals surface area contributed by atoms with E-state index < -0.39 is 10.0 Å². The lowest BCUT2D eigenvalue weighted by atomic mass is 10.1. The molecule has 0 amide bonds. The molecule has 1 N–H and O–H groups in total. The van der Waals surface area contributed by atoms with Gasteiger partial charge in [-0.3, -0.25) is 9.52 Å². The summed E-state index contributed by atoms with van der Waals surface area (Å²) < 4.78 is 33.2. The molecule has 0 aliphatic carbocycles. The molecule has 5 nitrogen and oxygen atoms in total. The van der Waals surface area contributed by atoms with E-state index in [2.05, 4.69) is 4.72 Å². The predicted octanol–water partition coefficient (Wildman–Crippen LogP) is 4.26. The molecule has 1 aromatic heterocycles. The first-order valence-corrected chi connectivity index (χ1v) is 9.72. The van der Waals surface area contributed by atoms with Crippen LogP contribution in [-0.4, -0.2) is 8.42 Å². The van der Waals surface area contributed by atoms with Crippen LogP contribution in [0.25, 0.3) is 22.3 Å². The maximum Gasteiger partial charge on any atom is 0.261 e. The van der Waals surface area contributed by atoms with E-state index in [4.69, 9.17) is 4.42 Å². The van der Waals surface area contributed by atoms with Crippen molar-refractivity contribution in [2.24, 2.45) is 0 Å². The van der Waals surface area contributed by atoms with E-state index in [0.717, 1.165) is 5.56 Å². The summed E-state index contributed by atoms with van der Waals surface area (Å²) in [7, 11) is -3.73. The third kappa shape index (κ3) is 3.47. The summed E-state index contributed by atoms with van der Waals surface area (Å²) in [6, 6.07) is 23.4. The van der Waals surface area contributed by atoms with E-state index in [-0.39, 0.29) is 10.3 Å². The van der Waals surface area contributed by atoms with Crippen molar-refractivity contribution >= 4 is 26.7 Å². The monoisotopic (exact) mass is 377 g/mol. The molecule has 3 aromatic carbocycles. The second kappa shape index (κ2) is 6.74. The Bertz CT molecular complexity index is 1260. The van der Waals surface area contributed by atoms with E-state index in [0.29, 0.717) is 22.4 Å². The minimum atomic E-state index is -3.73. The largest absolute Gasteiger partial charge is 0.456 e. The molecule has 0 fully saturated rings. The highest BCUT2D eigenvalue weighted by molar-refractivity contribution is 7.92. The summed E-state index contributed by atoms with van der Waals surface area (Å²) in [6.07, 6.45) is 0. The lowest BCUT2D eigenvalue weighted by Gasteiger charge is -2.09. The lowest BCUT2D eigenvalue weighted by Crippen LogP contribution is -2.13. The van der Waals surface area contributed by atoms with Crippen molar-refractivity contribution in [1.82, 2.24) is 0 Å². The Hall–Kier alpha value is -3.38. The van der Waals surface area contributed by atoms with Crippen molar-refractivity contribution in [2.45, 2.75) is 4.90 Å². The summed E-state index contributed by atoms with van der Waals surface area (Å²) >= 11 is 0. The van der Waals surface area contributed by atoms with Crippen LogP contribution in [0.3, 0.4) is 0 Å². The summed E-state index contributed by atoms with van der Waals surface area (Å²) in [5.41, 5.74) is 1.25. The van der Waals surface area contributed by atoms with E-state index >= 15 is 0 Å². The van der Waals surface area contributed by atoms with Crippen molar-refractivity contribution in [3.8, 4) is 11.3 Å². The van der Waals surface area contributed by atoms with Crippen molar-refractivity contribution in [3.05, 3.63) is 95.2 Å². The van der Waals surface area contributed by atoms with Gasteiger partial charge in [-0.1, -0.05) is 48.5 Å². The van der Waals surface area contributed by atoms with Crippen LogP contribution < -0.4 is 10.2 Å². The van der Waals surface area contributed by atoms with Gasteiger partial charge in [0.05, 0.1) is 10.3 Å². The molecule has 4 rings (SSSR count). The quantitative estimate of drug-likeness (QED) is 0.576. The number of hydrogen-bond acceptors (Lipinski definition) is 4. The number of sulfonamides is 1. The zero-order valence-electron chi connectivity index (χ0n) is 14.1. The van der Waals surface area contributed by atoms with Crippen LogP contribution in [0.1, 0.15) is 0 Å². The third-order valence-electron chi connectivity index (χ3n) is 4.09. The third-order valence-corrected chi connectivity index (χ3v) is 5.49. The molecule has 134 valence electrons. The van der Waals surface area contributed by atoms with Gasteiger partial charge in [0.15, 0.2) is 5.43 Å². The van der Waals surface area contributed by atoms with Gasteiger partial charge in [-0.05, 0) is 30.3 Å². The van der Waals surface area contributed by atoms with E-state index in [1.54, 1.807) is 30.3 Å². The Labute approximate surface area is 156 Å². The molecule has 6 heteroatoms. The molecule has 0 saturated carbocycles. The molecular formula is C21H15NO4S. The summed E-state index contributed by atoms with van der Waals surface area (Å²) in [4.78, 5) is 12.7. The lowest BCUT2D eigenvalue weighted by molar-refractivity contribution is 0.601. The van der Waals surface area contributed by atoms with E-state index in [1.165, 1.54) is 24.3 Å². The van der Waals surface area contributed by atoms with Crippen molar-refractivity contribution in [1.29, 1.82) is 0 Å². The van der Waals surface area contributed by atoms with Gasteiger partial charge in [0.25, 0.3) is 10.0 Å². The smallest absolute Gasteiger partial charge is 0.261 e. The standard InChI is InChI=1S/C21H15NO4S/c23-19-14-21(15-7-3-1-4-8-15)26-20-12-11-16(13-18(19)20)22-27(24,25)17-9-5-2-6-10-17/h1-14,22H. The van der Waals surface area contributed by atoms with Gasteiger partial charge in [0.1, 0.15) is 11.3 Å². The molecule has 27 heavy (non-hydrogen) atoms. The Morgan fingerprint density at radius 1 is 0.778 bits per heavy atom. The zero-order valence-corrected chi connectivity index (χ0v) is 14.9. The van der Waals surface area contributed by atoms with Gasteiger partial charge < -0.3 is 4.42 Å². The molecule has 0 bridgehead atoms. The fourth-order valence-corrected chi connectivity index (χ4v) is 3.85. The SMILES string of the molecule is O=c1cc(-c2ccccc2)oc2ccc(NS(=O)(=O)c3ccccc3)cc12. The highest BCUT2D eigenvalue weighted by atomic mass is 32.2. The zero-order chi connectivity index (χ0) is 18.9. The summed E-state index contributed by atoms with van der Waals surface area (Å²) in [5.74, 6) is 0.464. The van der Waals surface area contributed by atoms with Crippen molar-refractivity contribution < 1.29 is 12.8 Å². The second-order valence-electron chi connectivity index (χ2n) is 5.97. The van der Waals surface area contributed by atoms with Gasteiger partial charge in [0, 0.05) is 17.3 Å². The number of fused-ring (bicyclic) bond motifs is 1.